The maximum absolute atomic E-state index is 2.53. The fraction of sp³-hybridized carbons (Fsp3) is 0.0159. The molecule has 0 N–H and O–H groups in total. The largest absolute Gasteiger partial charge is 0.310 e. The van der Waals surface area contributed by atoms with Crippen molar-refractivity contribution in [1.82, 2.24) is 4.57 Å². The van der Waals surface area contributed by atoms with E-state index in [1.165, 1.54) is 112 Å². The minimum absolute atomic E-state index is 0.561. The summed E-state index contributed by atoms with van der Waals surface area (Å²) in [6, 6.07) is 86.6. The molecule has 0 unspecified atom stereocenters. The van der Waals surface area contributed by atoms with E-state index in [-0.39, 0.29) is 0 Å². The Kier molecular flexibility index (Phi) is 7.84. The van der Waals surface area contributed by atoms with E-state index in [2.05, 4.69) is 240 Å². The molecule has 1 aliphatic heterocycles. The molecule has 4 heteroatoms. The van der Waals surface area contributed by atoms with Crippen molar-refractivity contribution in [2.75, 3.05) is 4.90 Å². The van der Waals surface area contributed by atoms with E-state index in [4.69, 9.17) is 0 Å². The molecule has 2 aromatic heterocycles. The SMILES string of the molecule is c1ccc2c(c1)Sc1ccccc1C21c2cc(N(c3ccc4c(c3)sc3ccccc34)c3ccc4c(c3)c3ccccc3n4-c3cccc4ccccc34)ccc2-c2cccc3cccc1c23. The molecule has 11 aromatic carbocycles. The van der Waals surface area contributed by atoms with Crippen LogP contribution in [0.25, 0.3) is 80.3 Å². The second kappa shape index (κ2) is 14.1. The van der Waals surface area contributed by atoms with Crippen LogP contribution in [0.5, 0.6) is 0 Å². The first-order chi connectivity index (χ1) is 33.2. The van der Waals surface area contributed by atoms with Gasteiger partial charge in [0.1, 0.15) is 0 Å². The van der Waals surface area contributed by atoms with Gasteiger partial charge in [-0.15, -0.1) is 11.3 Å². The van der Waals surface area contributed by atoms with Crippen LogP contribution in [-0.2, 0) is 5.41 Å². The quantitative estimate of drug-likeness (QED) is 0.174. The van der Waals surface area contributed by atoms with Gasteiger partial charge in [0.2, 0.25) is 0 Å². The monoisotopic (exact) mass is 886 g/mol. The average Bonchev–Trinajstić information content (AvgIpc) is 3.92. The van der Waals surface area contributed by atoms with Crippen molar-refractivity contribution in [2.45, 2.75) is 15.2 Å². The van der Waals surface area contributed by atoms with Crippen LogP contribution >= 0.6 is 23.1 Å². The van der Waals surface area contributed by atoms with E-state index < -0.39 is 5.41 Å². The van der Waals surface area contributed by atoms with E-state index in [0.29, 0.717) is 0 Å². The van der Waals surface area contributed by atoms with Crippen molar-refractivity contribution < 1.29 is 0 Å². The normalized spacial score (nSPS) is 13.4. The number of hydrogen-bond donors (Lipinski definition) is 0. The van der Waals surface area contributed by atoms with Crippen molar-refractivity contribution in [2.24, 2.45) is 0 Å². The summed E-state index contributed by atoms with van der Waals surface area (Å²) in [6.45, 7) is 0. The zero-order valence-electron chi connectivity index (χ0n) is 36.2. The fourth-order valence-corrected chi connectivity index (χ4v) is 14.2. The number of benzene rings is 11. The zero-order valence-corrected chi connectivity index (χ0v) is 37.8. The predicted octanol–water partition coefficient (Wildman–Crippen LogP) is 17.8. The van der Waals surface area contributed by atoms with Gasteiger partial charge in [-0.3, -0.25) is 0 Å². The van der Waals surface area contributed by atoms with Crippen molar-refractivity contribution in [3.05, 3.63) is 253 Å². The first-order valence-electron chi connectivity index (χ1n) is 23.0. The number of anilines is 3. The van der Waals surface area contributed by atoms with Crippen LogP contribution in [0.4, 0.5) is 17.1 Å². The first-order valence-corrected chi connectivity index (χ1v) is 24.6. The molecule has 67 heavy (non-hydrogen) atoms. The van der Waals surface area contributed by atoms with E-state index in [1.54, 1.807) is 0 Å². The summed E-state index contributed by atoms with van der Waals surface area (Å²) in [5.74, 6) is 0. The Labute approximate surface area is 395 Å². The van der Waals surface area contributed by atoms with Crippen LogP contribution in [0.1, 0.15) is 22.3 Å². The molecule has 1 spiro atoms. The van der Waals surface area contributed by atoms with Gasteiger partial charge in [-0.25, -0.2) is 0 Å². The van der Waals surface area contributed by atoms with Crippen LogP contribution < -0.4 is 4.90 Å². The number of para-hydroxylation sites is 1. The van der Waals surface area contributed by atoms with E-state index >= 15 is 0 Å². The second-order valence-corrected chi connectivity index (χ2v) is 20.1. The Bertz CT molecular complexity index is 4170. The van der Waals surface area contributed by atoms with Crippen molar-refractivity contribution in [3.8, 4) is 16.8 Å². The molecule has 0 saturated heterocycles. The molecule has 0 bridgehead atoms. The minimum atomic E-state index is -0.561. The third-order valence-corrected chi connectivity index (χ3v) is 16.9. The summed E-state index contributed by atoms with van der Waals surface area (Å²) in [5, 5.41) is 10.1. The molecule has 0 fully saturated rings. The summed E-state index contributed by atoms with van der Waals surface area (Å²) in [4.78, 5) is 5.11. The van der Waals surface area contributed by atoms with E-state index in [1.807, 2.05) is 23.1 Å². The number of aromatic nitrogens is 1. The lowest BCUT2D eigenvalue weighted by molar-refractivity contribution is 0.707. The summed E-state index contributed by atoms with van der Waals surface area (Å²) in [7, 11) is 0. The molecule has 0 atom stereocenters. The number of nitrogens with zero attached hydrogens (tertiary/aromatic N) is 2. The van der Waals surface area contributed by atoms with Crippen LogP contribution in [0.15, 0.2) is 240 Å². The summed E-state index contributed by atoms with van der Waals surface area (Å²) < 4.78 is 5.04. The predicted molar refractivity (Wildman–Crippen MR) is 285 cm³/mol. The highest BCUT2D eigenvalue weighted by Gasteiger charge is 2.48. The molecule has 312 valence electrons. The maximum atomic E-state index is 2.53. The molecule has 2 aliphatic rings. The number of hydrogen-bond acceptors (Lipinski definition) is 3. The van der Waals surface area contributed by atoms with Crippen molar-refractivity contribution >= 4 is 104 Å². The Hall–Kier alpha value is -7.89. The lowest BCUT2D eigenvalue weighted by Crippen LogP contribution is -2.36. The highest BCUT2D eigenvalue weighted by atomic mass is 32.2. The van der Waals surface area contributed by atoms with Gasteiger partial charge in [-0.05, 0) is 122 Å². The summed E-state index contributed by atoms with van der Waals surface area (Å²) in [6.07, 6.45) is 0. The first kappa shape index (κ1) is 37.3. The Balaban J connectivity index is 1.03. The molecule has 1 aliphatic carbocycles. The Morgan fingerprint density at radius 1 is 0.358 bits per heavy atom. The van der Waals surface area contributed by atoms with Gasteiger partial charge in [0, 0.05) is 63.2 Å². The standard InChI is InChI=1S/C63H38N2S2/c1-2-18-44-39(14-1)15-13-26-55(44)65-56-25-7-3-19-46(56)50-36-41(32-35-57(50)65)64(43-31-34-48-47-20-4-8-27-58(47)66-61(48)38-43)42-30-33-45-49-21-11-16-40-17-12-24-53(62(40)49)63(54(45)37-42)51-22-5-9-28-59(51)67-60-29-10-6-23-52(60)63/h1-38H. The second-order valence-electron chi connectivity index (χ2n) is 17.9. The van der Waals surface area contributed by atoms with E-state index in [9.17, 15) is 0 Å². The molecule has 13 aromatic rings. The average molecular weight is 887 g/mol. The van der Waals surface area contributed by atoms with Gasteiger partial charge in [0.05, 0.1) is 22.1 Å². The molecule has 0 saturated carbocycles. The minimum Gasteiger partial charge on any atom is -0.310 e. The highest BCUT2D eigenvalue weighted by Crippen LogP contribution is 2.62. The van der Waals surface area contributed by atoms with Gasteiger partial charge in [-0.2, -0.15) is 0 Å². The molecule has 15 rings (SSSR count). The van der Waals surface area contributed by atoms with Crippen LogP contribution in [0.3, 0.4) is 0 Å². The Morgan fingerprint density at radius 3 is 1.82 bits per heavy atom. The smallest absolute Gasteiger partial charge is 0.0736 e. The summed E-state index contributed by atoms with van der Waals surface area (Å²) in [5.41, 5.74) is 14.2. The molecule has 2 nitrogen and oxygen atoms in total. The van der Waals surface area contributed by atoms with Gasteiger partial charge in [0.25, 0.3) is 0 Å². The van der Waals surface area contributed by atoms with Crippen molar-refractivity contribution in [3.63, 3.8) is 0 Å². The van der Waals surface area contributed by atoms with Gasteiger partial charge in [0.15, 0.2) is 0 Å². The fourth-order valence-electron chi connectivity index (χ4n) is 11.9. The number of fused-ring (bicyclic) bond motifs is 15. The highest BCUT2D eigenvalue weighted by molar-refractivity contribution is 7.99. The molecule has 3 heterocycles. The molecular formula is C63H38N2S2. The topological polar surface area (TPSA) is 8.17 Å². The maximum Gasteiger partial charge on any atom is 0.0736 e. The molecular weight excluding hydrogens is 849 g/mol. The third-order valence-electron chi connectivity index (χ3n) is 14.6. The van der Waals surface area contributed by atoms with Crippen molar-refractivity contribution in [1.29, 1.82) is 0 Å². The number of rotatable bonds is 4. The molecule has 0 amide bonds. The Morgan fingerprint density at radius 2 is 0.955 bits per heavy atom. The van der Waals surface area contributed by atoms with E-state index in [0.717, 1.165) is 17.1 Å². The van der Waals surface area contributed by atoms with Gasteiger partial charge >= 0.3 is 0 Å². The van der Waals surface area contributed by atoms with Crippen LogP contribution in [0, 0.1) is 0 Å². The van der Waals surface area contributed by atoms with Gasteiger partial charge < -0.3 is 9.47 Å². The number of thiophene rings is 1. The summed E-state index contributed by atoms with van der Waals surface area (Å²) >= 11 is 3.77. The van der Waals surface area contributed by atoms with Crippen LogP contribution in [-0.4, -0.2) is 4.57 Å². The van der Waals surface area contributed by atoms with Crippen LogP contribution in [0.2, 0.25) is 0 Å². The lowest BCUT2D eigenvalue weighted by atomic mass is 9.59. The third kappa shape index (κ3) is 5.17. The molecule has 0 radical (unpaired) electrons. The zero-order chi connectivity index (χ0) is 43.8. The van der Waals surface area contributed by atoms with Gasteiger partial charge in [-0.1, -0.05) is 169 Å². The lowest BCUT2D eigenvalue weighted by Gasteiger charge is -2.46.